The first kappa shape index (κ1) is 19.9. The van der Waals surface area contributed by atoms with E-state index in [1.165, 1.54) is 0 Å². The Bertz CT molecular complexity index is 1230. The van der Waals surface area contributed by atoms with E-state index in [0.717, 1.165) is 5.56 Å². The van der Waals surface area contributed by atoms with Gasteiger partial charge in [0.15, 0.2) is 17.3 Å². The molecule has 0 saturated heterocycles. The van der Waals surface area contributed by atoms with Crippen molar-refractivity contribution in [1.82, 2.24) is 14.8 Å². The van der Waals surface area contributed by atoms with Crippen molar-refractivity contribution < 1.29 is 19.0 Å². The van der Waals surface area contributed by atoms with Crippen molar-refractivity contribution in [2.45, 2.75) is 26.3 Å². The minimum atomic E-state index is -0.497. The zero-order chi connectivity index (χ0) is 22.2. The number of aromatic nitrogens is 3. The molecule has 2 aliphatic heterocycles. The van der Waals surface area contributed by atoms with Crippen molar-refractivity contribution >= 4 is 17.5 Å². The molecule has 1 aromatic heterocycles. The standard InChI is InChI=1S/C23H23N5O4/c1-4-19-26-23-24-13(2)20(22(29)25-15-7-5-6-8-16(15)30-3)21(28(23)27-19)14-9-10-17-18(11-14)32-12-31-17/h5-11,21H,4,12H2,1-3H3,(H,25,29)(H,24,26,27)/t21-/m0/s1. The van der Waals surface area contributed by atoms with Crippen LogP contribution in [0.15, 0.2) is 53.7 Å². The van der Waals surface area contributed by atoms with Gasteiger partial charge >= 0.3 is 0 Å². The number of amides is 1. The lowest BCUT2D eigenvalue weighted by atomic mass is 9.94. The van der Waals surface area contributed by atoms with Gasteiger partial charge in [0.1, 0.15) is 11.8 Å². The second-order valence-corrected chi connectivity index (χ2v) is 7.48. The van der Waals surface area contributed by atoms with Crippen LogP contribution in [0.2, 0.25) is 0 Å². The molecule has 0 aliphatic carbocycles. The fourth-order valence-electron chi connectivity index (χ4n) is 3.97. The Morgan fingerprint density at radius 1 is 1.25 bits per heavy atom. The van der Waals surface area contributed by atoms with Gasteiger partial charge in [0, 0.05) is 12.1 Å². The number of anilines is 2. The van der Waals surface area contributed by atoms with Gasteiger partial charge in [0.25, 0.3) is 5.91 Å². The molecule has 9 nitrogen and oxygen atoms in total. The van der Waals surface area contributed by atoms with Crippen LogP contribution >= 0.6 is 0 Å². The van der Waals surface area contributed by atoms with Gasteiger partial charge in [-0.2, -0.15) is 10.1 Å². The monoisotopic (exact) mass is 433 g/mol. The number of rotatable bonds is 5. The highest BCUT2D eigenvalue weighted by atomic mass is 16.7. The molecule has 3 aromatic rings. The van der Waals surface area contributed by atoms with E-state index in [-0.39, 0.29) is 12.7 Å². The largest absolute Gasteiger partial charge is 0.495 e. The van der Waals surface area contributed by atoms with Crippen molar-refractivity contribution in [3.8, 4) is 17.2 Å². The third-order valence-electron chi connectivity index (χ3n) is 5.52. The summed E-state index contributed by atoms with van der Waals surface area (Å²) in [7, 11) is 1.57. The number of methoxy groups -OCH3 is 1. The number of aryl methyl sites for hydroxylation is 1. The summed E-state index contributed by atoms with van der Waals surface area (Å²) in [4.78, 5) is 18.1. The number of para-hydroxylation sites is 2. The molecule has 0 fully saturated rings. The van der Waals surface area contributed by atoms with Gasteiger partial charge in [0.05, 0.1) is 18.4 Å². The summed E-state index contributed by atoms with van der Waals surface area (Å²) in [6, 6.07) is 12.5. The van der Waals surface area contributed by atoms with Gasteiger partial charge in [-0.05, 0) is 36.8 Å². The lowest BCUT2D eigenvalue weighted by Crippen LogP contribution is -2.31. The number of nitrogens with zero attached hydrogens (tertiary/aromatic N) is 3. The van der Waals surface area contributed by atoms with Crippen LogP contribution in [0.3, 0.4) is 0 Å². The van der Waals surface area contributed by atoms with Crippen LogP contribution in [0.4, 0.5) is 11.6 Å². The van der Waals surface area contributed by atoms with Crippen molar-refractivity contribution in [3.05, 3.63) is 65.1 Å². The molecule has 5 rings (SSSR count). The third-order valence-corrected chi connectivity index (χ3v) is 5.52. The Hall–Kier alpha value is -4.01. The lowest BCUT2D eigenvalue weighted by Gasteiger charge is -2.29. The molecule has 2 N–H and O–H groups in total. The second kappa shape index (κ2) is 7.92. The highest BCUT2D eigenvalue weighted by molar-refractivity contribution is 6.06. The predicted molar refractivity (Wildman–Crippen MR) is 118 cm³/mol. The van der Waals surface area contributed by atoms with Crippen molar-refractivity contribution in [2.24, 2.45) is 0 Å². The molecule has 0 saturated carbocycles. The molecule has 32 heavy (non-hydrogen) atoms. The number of allylic oxidation sites excluding steroid dienone is 1. The Morgan fingerprint density at radius 2 is 2.06 bits per heavy atom. The third kappa shape index (κ3) is 3.31. The number of hydrogen-bond acceptors (Lipinski definition) is 7. The fraction of sp³-hybridized carbons (Fsp3) is 0.261. The molecule has 1 amide bonds. The maximum atomic E-state index is 13.6. The zero-order valence-electron chi connectivity index (χ0n) is 18.0. The summed E-state index contributed by atoms with van der Waals surface area (Å²) < 4.78 is 18.2. The van der Waals surface area contributed by atoms with Gasteiger partial charge in [-0.3, -0.25) is 4.79 Å². The number of benzene rings is 2. The van der Waals surface area contributed by atoms with Crippen molar-refractivity contribution in [3.63, 3.8) is 0 Å². The van der Waals surface area contributed by atoms with E-state index in [2.05, 4.69) is 20.7 Å². The highest BCUT2D eigenvalue weighted by Gasteiger charge is 2.35. The predicted octanol–water partition coefficient (Wildman–Crippen LogP) is 3.51. The van der Waals surface area contributed by atoms with Gasteiger partial charge < -0.3 is 24.8 Å². The van der Waals surface area contributed by atoms with Crippen LogP contribution in [0, 0.1) is 0 Å². The summed E-state index contributed by atoms with van der Waals surface area (Å²) in [5.41, 5.74) is 2.65. The van der Waals surface area contributed by atoms with Gasteiger partial charge in [-0.25, -0.2) is 4.68 Å². The van der Waals surface area contributed by atoms with E-state index in [1.54, 1.807) is 23.9 Å². The highest BCUT2D eigenvalue weighted by Crippen LogP contribution is 2.40. The molecule has 1 atom stereocenters. The molecule has 0 radical (unpaired) electrons. The van der Waals surface area contributed by atoms with Crippen LogP contribution in [-0.2, 0) is 11.2 Å². The average molecular weight is 433 g/mol. The first-order valence-electron chi connectivity index (χ1n) is 10.4. The fourth-order valence-corrected chi connectivity index (χ4v) is 3.97. The molecule has 3 heterocycles. The van der Waals surface area contributed by atoms with Crippen LogP contribution < -0.4 is 24.8 Å². The number of hydrogen-bond donors (Lipinski definition) is 2. The maximum Gasteiger partial charge on any atom is 0.255 e. The van der Waals surface area contributed by atoms with Crippen LogP contribution in [0.5, 0.6) is 17.2 Å². The number of ether oxygens (including phenoxy) is 3. The van der Waals surface area contributed by atoms with Crippen LogP contribution in [0.1, 0.15) is 31.3 Å². The van der Waals surface area contributed by atoms with Gasteiger partial charge in [-0.1, -0.05) is 25.1 Å². The number of carbonyl (C=O) groups is 1. The minimum absolute atomic E-state index is 0.176. The van der Waals surface area contributed by atoms with E-state index in [9.17, 15) is 4.79 Å². The van der Waals surface area contributed by atoms with Crippen LogP contribution in [-0.4, -0.2) is 34.6 Å². The van der Waals surface area contributed by atoms with E-state index in [0.29, 0.717) is 52.4 Å². The SMILES string of the molecule is CCc1nc2n(n1)[C@@H](c1ccc3c(c1)OCO3)C(C(=O)Nc1ccccc1OC)=C(C)N2. The summed E-state index contributed by atoms with van der Waals surface area (Å²) in [5, 5.41) is 10.9. The molecule has 2 aliphatic rings. The molecule has 2 aromatic carbocycles. The summed E-state index contributed by atoms with van der Waals surface area (Å²) in [5.74, 6) is 2.92. The topological polar surface area (TPSA) is 99.5 Å². The molecule has 9 heteroatoms. The number of carbonyl (C=O) groups excluding carboxylic acids is 1. The first-order valence-corrected chi connectivity index (χ1v) is 10.4. The number of fused-ring (bicyclic) bond motifs is 2. The lowest BCUT2D eigenvalue weighted by molar-refractivity contribution is -0.113. The Morgan fingerprint density at radius 3 is 2.88 bits per heavy atom. The Balaban J connectivity index is 1.59. The molecule has 0 bridgehead atoms. The quantitative estimate of drug-likeness (QED) is 0.635. The zero-order valence-corrected chi connectivity index (χ0v) is 18.0. The second-order valence-electron chi connectivity index (χ2n) is 7.48. The molecule has 0 unspecified atom stereocenters. The Labute approximate surface area is 185 Å². The van der Waals surface area contributed by atoms with Gasteiger partial charge in [-0.15, -0.1) is 0 Å². The summed E-state index contributed by atoms with van der Waals surface area (Å²) in [6.07, 6.45) is 0.678. The van der Waals surface area contributed by atoms with Crippen molar-refractivity contribution in [1.29, 1.82) is 0 Å². The van der Waals surface area contributed by atoms with E-state index >= 15 is 0 Å². The van der Waals surface area contributed by atoms with E-state index in [4.69, 9.17) is 14.2 Å². The smallest absolute Gasteiger partial charge is 0.255 e. The number of nitrogens with one attached hydrogen (secondary N) is 2. The minimum Gasteiger partial charge on any atom is -0.495 e. The Kier molecular flexibility index (Phi) is 4.93. The average Bonchev–Trinajstić information content (AvgIpc) is 3.44. The molecule has 0 spiro atoms. The molecular weight excluding hydrogens is 410 g/mol. The van der Waals surface area contributed by atoms with Crippen molar-refractivity contribution in [2.75, 3.05) is 24.5 Å². The summed E-state index contributed by atoms with van der Waals surface area (Å²) >= 11 is 0. The molecule has 164 valence electrons. The first-order chi connectivity index (χ1) is 15.6. The maximum absolute atomic E-state index is 13.6. The van der Waals surface area contributed by atoms with Crippen LogP contribution in [0.25, 0.3) is 0 Å². The van der Waals surface area contributed by atoms with E-state index in [1.807, 2.05) is 44.2 Å². The molecular formula is C23H23N5O4. The van der Waals surface area contributed by atoms with E-state index < -0.39 is 6.04 Å². The summed E-state index contributed by atoms with van der Waals surface area (Å²) in [6.45, 7) is 4.03. The van der Waals surface area contributed by atoms with Gasteiger partial charge in [0.2, 0.25) is 12.7 Å². The normalized spacial score (nSPS) is 16.4.